The number of rotatable bonds is 3. The molecular formula is C22H46. The molecule has 22 heavy (non-hydrogen) atoms. The van der Waals surface area contributed by atoms with Gasteiger partial charge in [-0.2, -0.15) is 0 Å². The largest absolute Gasteiger partial charge is 0.0654 e. The summed E-state index contributed by atoms with van der Waals surface area (Å²) in [6.45, 7) is 13.8. The summed E-state index contributed by atoms with van der Waals surface area (Å²) in [7, 11) is 0. The molecule has 2 rings (SSSR count). The maximum Gasteiger partial charge on any atom is -0.0414 e. The predicted molar refractivity (Wildman–Crippen MR) is 103 cm³/mol. The Morgan fingerprint density at radius 1 is 0.591 bits per heavy atom. The summed E-state index contributed by atoms with van der Waals surface area (Å²) in [4.78, 5) is 0. The Hall–Kier alpha value is 0. The molecule has 0 radical (unpaired) electrons. The molecule has 134 valence electrons. The van der Waals surface area contributed by atoms with E-state index in [0.29, 0.717) is 0 Å². The van der Waals surface area contributed by atoms with Crippen LogP contribution < -0.4 is 0 Å². The predicted octanol–water partition coefficient (Wildman–Crippen LogP) is 8.25. The van der Waals surface area contributed by atoms with E-state index in [1.165, 1.54) is 77.0 Å². The van der Waals surface area contributed by atoms with Gasteiger partial charge in [-0.25, -0.2) is 0 Å². The Bertz CT molecular complexity index is 210. The van der Waals surface area contributed by atoms with Gasteiger partial charge in [0, 0.05) is 0 Å². The van der Waals surface area contributed by atoms with E-state index in [1.807, 2.05) is 0 Å². The molecule has 2 saturated carbocycles. The topological polar surface area (TPSA) is 0 Å². The van der Waals surface area contributed by atoms with Crippen LogP contribution in [0.5, 0.6) is 0 Å². The zero-order valence-electron chi connectivity index (χ0n) is 16.8. The minimum Gasteiger partial charge on any atom is -0.0654 e. The van der Waals surface area contributed by atoms with Gasteiger partial charge in [0.25, 0.3) is 0 Å². The van der Waals surface area contributed by atoms with Crippen molar-refractivity contribution >= 4 is 0 Å². The van der Waals surface area contributed by atoms with Crippen LogP contribution in [0.1, 0.15) is 119 Å². The lowest BCUT2D eigenvalue weighted by atomic mass is 9.81. The van der Waals surface area contributed by atoms with E-state index >= 15 is 0 Å². The van der Waals surface area contributed by atoms with Gasteiger partial charge in [0.15, 0.2) is 0 Å². The molecule has 0 N–H and O–H groups in total. The van der Waals surface area contributed by atoms with Crippen LogP contribution in [0, 0.1) is 23.7 Å². The molecule has 0 aromatic heterocycles. The number of hydrogen-bond acceptors (Lipinski definition) is 0. The van der Waals surface area contributed by atoms with Gasteiger partial charge < -0.3 is 0 Å². The van der Waals surface area contributed by atoms with Gasteiger partial charge in [-0.1, -0.05) is 112 Å². The molecule has 2 aliphatic rings. The molecule has 2 unspecified atom stereocenters. The molecule has 0 heterocycles. The fraction of sp³-hybridized carbons (Fsp3) is 1.00. The smallest absolute Gasteiger partial charge is 0.0414 e. The first-order chi connectivity index (χ1) is 10.6. The first-order valence-corrected chi connectivity index (χ1v) is 10.6. The third kappa shape index (κ3) is 11.6. The highest BCUT2D eigenvalue weighted by Gasteiger charge is 2.16. The average Bonchev–Trinajstić information content (AvgIpc) is 2.56. The third-order valence-electron chi connectivity index (χ3n) is 5.84. The second kappa shape index (κ2) is 14.6. The second-order valence-corrected chi connectivity index (χ2v) is 8.08. The van der Waals surface area contributed by atoms with Crippen LogP contribution in [0.4, 0.5) is 0 Å². The van der Waals surface area contributed by atoms with Crippen molar-refractivity contribution < 1.29 is 0 Å². The Balaban J connectivity index is 0.000000326. The van der Waals surface area contributed by atoms with E-state index in [0.717, 1.165) is 23.7 Å². The number of hydrogen-bond donors (Lipinski definition) is 0. The standard InChI is InChI=1S/2C9H18.C4H10/c1-3-9-6-4-8(2)5-7-9;1-3-9-6-4-5-8(2)7-9;1-3-4-2/h2*8-9H,3-7H2,1-2H3;3-4H2,1-2H3. The first kappa shape index (κ1) is 22.0. The SMILES string of the molecule is CCC1CCC(C)CC1.CCC1CCCC(C)C1.CCCC. The fourth-order valence-electron chi connectivity index (χ4n) is 3.67. The molecule has 0 aromatic carbocycles. The van der Waals surface area contributed by atoms with Crippen molar-refractivity contribution in [2.75, 3.05) is 0 Å². The minimum absolute atomic E-state index is 1.02. The first-order valence-electron chi connectivity index (χ1n) is 10.6. The van der Waals surface area contributed by atoms with E-state index in [4.69, 9.17) is 0 Å². The maximum absolute atomic E-state index is 2.39. The highest BCUT2D eigenvalue weighted by Crippen LogP contribution is 2.30. The van der Waals surface area contributed by atoms with Gasteiger partial charge in [0.1, 0.15) is 0 Å². The normalized spacial score (nSPS) is 31.4. The van der Waals surface area contributed by atoms with Crippen molar-refractivity contribution in [3.05, 3.63) is 0 Å². The molecule has 2 fully saturated rings. The highest BCUT2D eigenvalue weighted by atomic mass is 14.2. The Morgan fingerprint density at radius 2 is 1.14 bits per heavy atom. The maximum atomic E-state index is 2.39. The van der Waals surface area contributed by atoms with Gasteiger partial charge in [-0.3, -0.25) is 0 Å². The van der Waals surface area contributed by atoms with Crippen molar-refractivity contribution in [1.29, 1.82) is 0 Å². The van der Waals surface area contributed by atoms with Crippen molar-refractivity contribution in [2.45, 2.75) is 119 Å². The van der Waals surface area contributed by atoms with Crippen molar-refractivity contribution in [3.63, 3.8) is 0 Å². The Labute approximate surface area is 142 Å². The van der Waals surface area contributed by atoms with Crippen LogP contribution in [0.3, 0.4) is 0 Å². The molecule has 0 amide bonds. The molecular weight excluding hydrogens is 264 g/mol. The van der Waals surface area contributed by atoms with E-state index in [9.17, 15) is 0 Å². The molecule has 2 aliphatic carbocycles. The van der Waals surface area contributed by atoms with Crippen molar-refractivity contribution in [3.8, 4) is 0 Å². The zero-order chi connectivity index (χ0) is 16.8. The summed E-state index contributed by atoms with van der Waals surface area (Å²) in [6, 6.07) is 0. The van der Waals surface area contributed by atoms with Crippen LogP contribution in [0.15, 0.2) is 0 Å². The van der Waals surface area contributed by atoms with E-state index < -0.39 is 0 Å². The monoisotopic (exact) mass is 310 g/mol. The van der Waals surface area contributed by atoms with E-state index in [1.54, 1.807) is 0 Å². The molecule has 0 aromatic rings. The van der Waals surface area contributed by atoms with Crippen molar-refractivity contribution in [2.24, 2.45) is 23.7 Å². The van der Waals surface area contributed by atoms with Crippen LogP contribution >= 0.6 is 0 Å². The Kier molecular flexibility index (Phi) is 14.6. The number of unbranched alkanes of at least 4 members (excludes halogenated alkanes) is 1. The highest BCUT2D eigenvalue weighted by molar-refractivity contribution is 4.69. The summed E-state index contributed by atoms with van der Waals surface area (Å²) in [5, 5.41) is 0. The molecule has 0 saturated heterocycles. The average molecular weight is 311 g/mol. The van der Waals surface area contributed by atoms with Crippen LogP contribution in [-0.2, 0) is 0 Å². The Morgan fingerprint density at radius 3 is 1.50 bits per heavy atom. The van der Waals surface area contributed by atoms with Gasteiger partial charge in [0.05, 0.1) is 0 Å². The molecule has 0 bridgehead atoms. The lowest BCUT2D eigenvalue weighted by molar-refractivity contribution is 0.276. The van der Waals surface area contributed by atoms with Gasteiger partial charge >= 0.3 is 0 Å². The molecule has 0 spiro atoms. The van der Waals surface area contributed by atoms with Crippen LogP contribution in [0.25, 0.3) is 0 Å². The molecule has 0 aliphatic heterocycles. The van der Waals surface area contributed by atoms with Crippen molar-refractivity contribution in [1.82, 2.24) is 0 Å². The van der Waals surface area contributed by atoms with E-state index in [-0.39, 0.29) is 0 Å². The summed E-state index contributed by atoms with van der Waals surface area (Å²) in [6.07, 6.45) is 17.4. The third-order valence-corrected chi connectivity index (χ3v) is 5.84. The van der Waals surface area contributed by atoms with E-state index in [2.05, 4.69) is 41.5 Å². The molecule has 0 heteroatoms. The van der Waals surface area contributed by atoms with Gasteiger partial charge in [-0.05, 0) is 30.1 Å². The minimum atomic E-state index is 1.02. The summed E-state index contributed by atoms with van der Waals surface area (Å²) < 4.78 is 0. The second-order valence-electron chi connectivity index (χ2n) is 8.08. The fourth-order valence-corrected chi connectivity index (χ4v) is 3.67. The summed E-state index contributed by atoms with van der Waals surface area (Å²) in [5.41, 5.74) is 0. The van der Waals surface area contributed by atoms with Crippen LogP contribution in [-0.4, -0.2) is 0 Å². The van der Waals surface area contributed by atoms with Crippen LogP contribution in [0.2, 0.25) is 0 Å². The molecule has 2 atom stereocenters. The zero-order valence-corrected chi connectivity index (χ0v) is 16.8. The van der Waals surface area contributed by atoms with Gasteiger partial charge in [-0.15, -0.1) is 0 Å². The molecule has 0 nitrogen and oxygen atoms in total. The lowest BCUT2D eigenvalue weighted by Gasteiger charge is -2.25. The van der Waals surface area contributed by atoms with Gasteiger partial charge in [0.2, 0.25) is 0 Å². The quantitative estimate of drug-likeness (QED) is 0.492. The summed E-state index contributed by atoms with van der Waals surface area (Å²) >= 11 is 0. The lowest BCUT2D eigenvalue weighted by Crippen LogP contribution is -2.11. The summed E-state index contributed by atoms with van der Waals surface area (Å²) in [5.74, 6) is 4.17.